The number of rotatable bonds is 1. The van der Waals surface area contributed by atoms with E-state index >= 15 is 0 Å². The van der Waals surface area contributed by atoms with E-state index in [1.807, 2.05) is 0 Å². The fraction of sp³-hybridized carbons (Fsp3) is 0.357. The third kappa shape index (κ3) is 2.60. The zero-order valence-corrected chi connectivity index (χ0v) is 10.1. The van der Waals surface area contributed by atoms with Gasteiger partial charge in [0.1, 0.15) is 0 Å². The molecule has 1 heteroatoms. The lowest BCUT2D eigenvalue weighted by atomic mass is 10.1. The first kappa shape index (κ1) is 10.7. The van der Waals surface area contributed by atoms with Gasteiger partial charge in [0.2, 0.25) is 0 Å². The molecule has 1 aliphatic heterocycles. The molecule has 0 aromatic rings. The van der Waals surface area contributed by atoms with E-state index in [4.69, 9.17) is 0 Å². The van der Waals surface area contributed by atoms with Gasteiger partial charge in [0, 0.05) is 4.86 Å². The monoisotopic (exact) mass is 218 g/mol. The van der Waals surface area contributed by atoms with Crippen molar-refractivity contribution in [2.75, 3.05) is 11.5 Å². The Morgan fingerprint density at radius 1 is 1.13 bits per heavy atom. The van der Waals surface area contributed by atoms with Crippen LogP contribution in [0.3, 0.4) is 0 Å². The normalized spacial score (nSPS) is 24.9. The standard InChI is InChI=1S/C14H18S/c1-2-3-8-13-9-4-5-10-14(13)15-11-6-7-12-15/h2-5,8-10H,6-7,11-12H2,1H3/b3-2-,13-8-. The van der Waals surface area contributed by atoms with Gasteiger partial charge in [0.15, 0.2) is 0 Å². The van der Waals surface area contributed by atoms with E-state index in [0.717, 1.165) is 0 Å². The van der Waals surface area contributed by atoms with E-state index < -0.39 is 0 Å². The van der Waals surface area contributed by atoms with E-state index in [1.54, 1.807) is 4.86 Å². The van der Waals surface area contributed by atoms with Crippen LogP contribution in [0.25, 0.3) is 0 Å². The molecule has 1 fully saturated rings. The van der Waals surface area contributed by atoms with E-state index in [1.165, 1.54) is 29.9 Å². The summed E-state index contributed by atoms with van der Waals surface area (Å²) in [4.78, 5) is 1.58. The van der Waals surface area contributed by atoms with E-state index in [9.17, 15) is 0 Å². The Morgan fingerprint density at radius 2 is 1.87 bits per heavy atom. The van der Waals surface area contributed by atoms with E-state index in [0.29, 0.717) is 10.5 Å². The molecule has 80 valence electrons. The van der Waals surface area contributed by atoms with Crippen molar-refractivity contribution >= 4 is 15.3 Å². The van der Waals surface area contributed by atoms with Gasteiger partial charge in [-0.1, -0.05) is 36.5 Å². The highest BCUT2D eigenvalue weighted by molar-refractivity contribution is 8.16. The number of hydrogen-bond donors (Lipinski definition) is 0. The van der Waals surface area contributed by atoms with Gasteiger partial charge < -0.3 is 0 Å². The first-order valence-corrected chi connectivity index (χ1v) is 7.20. The molecule has 0 unspecified atom stereocenters. The second-order valence-corrected chi connectivity index (χ2v) is 6.08. The second kappa shape index (κ2) is 5.32. The minimum Gasteiger partial charge on any atom is -0.178 e. The zero-order valence-electron chi connectivity index (χ0n) is 9.28. The first-order valence-electron chi connectivity index (χ1n) is 5.64. The SMILES string of the molecule is C/C=C\C=C1\C=CC=CC1=S1CCCC1. The molecule has 0 saturated carbocycles. The number of hydrogen-bond acceptors (Lipinski definition) is 0. The Morgan fingerprint density at radius 3 is 2.60 bits per heavy atom. The van der Waals surface area contributed by atoms with Crippen molar-refractivity contribution in [2.24, 2.45) is 0 Å². The van der Waals surface area contributed by atoms with Gasteiger partial charge in [-0.15, -0.1) is 0 Å². The summed E-state index contributed by atoms with van der Waals surface area (Å²) in [5.41, 5.74) is 1.42. The Labute approximate surface area is 95.0 Å². The van der Waals surface area contributed by atoms with Crippen molar-refractivity contribution in [3.63, 3.8) is 0 Å². The molecule has 0 N–H and O–H groups in total. The van der Waals surface area contributed by atoms with Crippen LogP contribution in [0.5, 0.6) is 0 Å². The van der Waals surface area contributed by atoms with Crippen molar-refractivity contribution in [3.05, 3.63) is 48.1 Å². The summed E-state index contributed by atoms with van der Waals surface area (Å²) in [7, 11) is 0.529. The third-order valence-corrected chi connectivity index (χ3v) is 5.29. The Balaban J connectivity index is 2.32. The van der Waals surface area contributed by atoms with Crippen LogP contribution in [0.2, 0.25) is 0 Å². The van der Waals surface area contributed by atoms with Gasteiger partial charge >= 0.3 is 0 Å². The molecule has 15 heavy (non-hydrogen) atoms. The van der Waals surface area contributed by atoms with Gasteiger partial charge in [-0.05, 0) is 42.9 Å². The summed E-state index contributed by atoms with van der Waals surface area (Å²) in [5, 5.41) is 0. The largest absolute Gasteiger partial charge is 0.178 e. The lowest BCUT2D eigenvalue weighted by Gasteiger charge is -2.11. The molecule has 0 aromatic carbocycles. The summed E-state index contributed by atoms with van der Waals surface area (Å²) in [6, 6.07) is 0. The van der Waals surface area contributed by atoms with Crippen molar-refractivity contribution in [3.8, 4) is 0 Å². The summed E-state index contributed by atoms with van der Waals surface area (Å²) in [6.45, 7) is 2.07. The molecule has 1 heterocycles. The van der Waals surface area contributed by atoms with E-state index in [-0.39, 0.29) is 0 Å². The van der Waals surface area contributed by atoms with Crippen LogP contribution in [0, 0.1) is 0 Å². The average molecular weight is 218 g/mol. The van der Waals surface area contributed by atoms with Gasteiger partial charge in [0.05, 0.1) is 0 Å². The Hall–Kier alpha value is -0.820. The summed E-state index contributed by atoms with van der Waals surface area (Å²) < 4.78 is 0. The minimum absolute atomic E-state index is 0.529. The van der Waals surface area contributed by atoms with Gasteiger partial charge in [-0.25, -0.2) is 0 Å². The maximum Gasteiger partial charge on any atom is 0.00511 e. The Bertz CT molecular complexity index is 370. The molecule has 0 amide bonds. The van der Waals surface area contributed by atoms with E-state index in [2.05, 4.69) is 49.5 Å². The van der Waals surface area contributed by atoms with Crippen molar-refractivity contribution < 1.29 is 0 Å². The molecule has 0 bridgehead atoms. The zero-order chi connectivity index (χ0) is 10.5. The predicted octanol–water partition coefficient (Wildman–Crippen LogP) is 3.85. The fourth-order valence-corrected chi connectivity index (χ4v) is 4.45. The molecule has 0 spiro atoms. The number of allylic oxidation sites excluding steroid dienone is 8. The molecule has 0 nitrogen and oxygen atoms in total. The van der Waals surface area contributed by atoms with Crippen LogP contribution in [-0.4, -0.2) is 16.4 Å². The summed E-state index contributed by atoms with van der Waals surface area (Å²) >= 11 is 0. The molecule has 2 aliphatic rings. The van der Waals surface area contributed by atoms with Crippen LogP contribution in [0.4, 0.5) is 0 Å². The molecule has 0 atom stereocenters. The molecule has 0 radical (unpaired) electrons. The lowest BCUT2D eigenvalue weighted by molar-refractivity contribution is 0.949. The summed E-state index contributed by atoms with van der Waals surface area (Å²) in [6.07, 6.45) is 18.2. The third-order valence-electron chi connectivity index (χ3n) is 2.73. The molecule has 0 aromatic heterocycles. The maximum absolute atomic E-state index is 2.31. The van der Waals surface area contributed by atoms with Crippen LogP contribution in [0.1, 0.15) is 19.8 Å². The lowest BCUT2D eigenvalue weighted by Crippen LogP contribution is -2.01. The van der Waals surface area contributed by atoms with Crippen molar-refractivity contribution in [2.45, 2.75) is 19.8 Å². The first-order chi connectivity index (χ1) is 7.42. The molecule has 2 rings (SSSR count). The van der Waals surface area contributed by atoms with Crippen LogP contribution in [-0.2, 0) is 0 Å². The van der Waals surface area contributed by atoms with Crippen LogP contribution < -0.4 is 0 Å². The maximum atomic E-state index is 2.31. The highest BCUT2D eigenvalue weighted by Crippen LogP contribution is 2.30. The van der Waals surface area contributed by atoms with Crippen molar-refractivity contribution in [1.82, 2.24) is 0 Å². The van der Waals surface area contributed by atoms with Gasteiger partial charge in [-0.3, -0.25) is 0 Å². The van der Waals surface area contributed by atoms with Gasteiger partial charge in [0.25, 0.3) is 0 Å². The smallest absolute Gasteiger partial charge is 0.00511 e. The highest BCUT2D eigenvalue weighted by Gasteiger charge is 2.12. The fourth-order valence-electron chi connectivity index (χ4n) is 1.96. The average Bonchev–Trinajstić information content (AvgIpc) is 2.80. The quantitative estimate of drug-likeness (QED) is 0.463. The van der Waals surface area contributed by atoms with Crippen LogP contribution >= 0.6 is 10.5 Å². The minimum atomic E-state index is 0.529. The predicted molar refractivity (Wildman–Crippen MR) is 72.7 cm³/mol. The van der Waals surface area contributed by atoms with Gasteiger partial charge in [-0.2, -0.15) is 10.5 Å². The topological polar surface area (TPSA) is 0 Å². The molecular weight excluding hydrogens is 200 g/mol. The molecule has 1 saturated heterocycles. The Kier molecular flexibility index (Phi) is 3.79. The van der Waals surface area contributed by atoms with Crippen molar-refractivity contribution in [1.29, 1.82) is 0 Å². The van der Waals surface area contributed by atoms with Crippen LogP contribution in [0.15, 0.2) is 48.1 Å². The summed E-state index contributed by atoms with van der Waals surface area (Å²) in [5.74, 6) is 2.81. The molecular formula is C14H18S. The highest BCUT2D eigenvalue weighted by atomic mass is 32.2. The molecule has 1 aliphatic carbocycles. The second-order valence-electron chi connectivity index (χ2n) is 3.84.